The topological polar surface area (TPSA) is 84.5 Å². The molecule has 0 aromatic heterocycles. The van der Waals surface area contributed by atoms with Crippen molar-refractivity contribution < 1.29 is 19.1 Å². The van der Waals surface area contributed by atoms with Crippen LogP contribution in [-0.4, -0.2) is 23.9 Å². The lowest BCUT2D eigenvalue weighted by Crippen LogP contribution is -2.35. The van der Waals surface area contributed by atoms with Crippen LogP contribution in [0, 0.1) is 37.5 Å². The smallest absolute Gasteiger partial charge is 0.310 e. The highest BCUT2D eigenvalue weighted by molar-refractivity contribution is 6.05. The molecule has 2 N–H and O–H groups in total. The van der Waals surface area contributed by atoms with E-state index in [2.05, 4.69) is 10.6 Å². The molecule has 2 aliphatic carbocycles. The Kier molecular flexibility index (Phi) is 4.38. The van der Waals surface area contributed by atoms with E-state index < -0.39 is 0 Å². The first kappa shape index (κ1) is 18.9. The summed E-state index contributed by atoms with van der Waals surface area (Å²) in [6, 6.07) is 12.7. The van der Waals surface area contributed by atoms with E-state index in [-0.39, 0.29) is 47.6 Å². The zero-order valence-corrected chi connectivity index (χ0v) is 17.0. The number of esters is 1. The number of fused-ring (bicyclic) bond motifs is 1. The quantitative estimate of drug-likeness (QED) is 0.761. The Labute approximate surface area is 175 Å². The van der Waals surface area contributed by atoms with Crippen molar-refractivity contribution >= 4 is 29.2 Å². The van der Waals surface area contributed by atoms with Crippen molar-refractivity contribution in [3.05, 3.63) is 59.2 Å². The zero-order chi connectivity index (χ0) is 21.0. The lowest BCUT2D eigenvalue weighted by Gasteiger charge is -2.23. The third kappa shape index (κ3) is 2.98. The summed E-state index contributed by atoms with van der Waals surface area (Å²) < 4.78 is 5.41. The molecule has 2 aromatic rings. The van der Waals surface area contributed by atoms with Crippen LogP contribution in [0.25, 0.3) is 0 Å². The van der Waals surface area contributed by atoms with Gasteiger partial charge in [-0.2, -0.15) is 0 Å². The van der Waals surface area contributed by atoms with Crippen LogP contribution >= 0.6 is 0 Å². The van der Waals surface area contributed by atoms with Gasteiger partial charge >= 0.3 is 5.97 Å². The molecular weight excluding hydrogens is 380 g/mol. The number of anilines is 2. The van der Waals surface area contributed by atoms with E-state index in [1.165, 1.54) is 0 Å². The van der Waals surface area contributed by atoms with Gasteiger partial charge in [-0.15, -0.1) is 0 Å². The van der Waals surface area contributed by atoms with E-state index in [0.29, 0.717) is 11.3 Å². The van der Waals surface area contributed by atoms with Crippen LogP contribution in [0.2, 0.25) is 0 Å². The van der Waals surface area contributed by atoms with E-state index in [9.17, 15) is 14.4 Å². The highest BCUT2D eigenvalue weighted by Crippen LogP contribution is 2.57. The first-order valence-electron chi connectivity index (χ1n) is 10.4. The van der Waals surface area contributed by atoms with Crippen LogP contribution in [0.15, 0.2) is 42.5 Å². The fourth-order valence-electron chi connectivity index (χ4n) is 5.49. The molecule has 0 radical (unpaired) electrons. The van der Waals surface area contributed by atoms with Crippen molar-refractivity contribution in [2.45, 2.75) is 32.8 Å². The van der Waals surface area contributed by atoms with Gasteiger partial charge in [-0.05, 0) is 68.0 Å². The van der Waals surface area contributed by atoms with Crippen molar-refractivity contribution in [3.63, 3.8) is 0 Å². The summed E-state index contributed by atoms with van der Waals surface area (Å²) in [4.78, 5) is 37.6. The van der Waals surface area contributed by atoms with E-state index >= 15 is 0 Å². The van der Waals surface area contributed by atoms with Crippen molar-refractivity contribution in [2.24, 2.45) is 23.7 Å². The molecular formula is C24H24N2O4. The molecule has 1 saturated heterocycles. The first-order valence-corrected chi connectivity index (χ1v) is 10.4. The van der Waals surface area contributed by atoms with Crippen molar-refractivity contribution in [3.8, 4) is 0 Å². The number of aryl methyl sites for hydroxylation is 2. The number of carbonyl (C=O) groups is 3. The predicted octanol–water partition coefficient (Wildman–Crippen LogP) is 3.69. The number of para-hydroxylation sites is 1. The molecule has 2 aromatic carbocycles. The van der Waals surface area contributed by atoms with Gasteiger partial charge in [0.1, 0.15) is 6.10 Å². The van der Waals surface area contributed by atoms with Gasteiger partial charge in [0.2, 0.25) is 5.91 Å². The Hall–Kier alpha value is -3.15. The molecule has 5 atom stereocenters. The largest absolute Gasteiger partial charge is 0.462 e. The Morgan fingerprint density at radius 1 is 0.967 bits per heavy atom. The number of rotatable bonds is 4. The van der Waals surface area contributed by atoms with Crippen molar-refractivity contribution in [1.29, 1.82) is 0 Å². The van der Waals surface area contributed by atoms with Crippen LogP contribution in [0.4, 0.5) is 11.4 Å². The molecule has 30 heavy (non-hydrogen) atoms. The number of hydrogen-bond donors (Lipinski definition) is 2. The van der Waals surface area contributed by atoms with Crippen LogP contribution < -0.4 is 10.6 Å². The molecule has 6 nitrogen and oxygen atoms in total. The number of amides is 2. The number of hydrogen-bond acceptors (Lipinski definition) is 4. The Morgan fingerprint density at radius 3 is 2.37 bits per heavy atom. The Balaban J connectivity index is 1.26. The maximum atomic E-state index is 12.9. The molecule has 0 spiro atoms. The molecule has 1 heterocycles. The second-order valence-corrected chi connectivity index (χ2v) is 8.71. The van der Waals surface area contributed by atoms with Gasteiger partial charge in [0.25, 0.3) is 5.91 Å². The average molecular weight is 404 g/mol. The van der Waals surface area contributed by atoms with Crippen LogP contribution in [0.3, 0.4) is 0 Å². The van der Waals surface area contributed by atoms with Crippen LogP contribution in [0.1, 0.15) is 34.3 Å². The molecule has 2 saturated carbocycles. The summed E-state index contributed by atoms with van der Waals surface area (Å²) in [7, 11) is 0. The minimum absolute atomic E-state index is 0.0197. The van der Waals surface area contributed by atoms with Gasteiger partial charge in [-0.3, -0.25) is 14.4 Å². The maximum absolute atomic E-state index is 12.9. The number of ether oxygens (including phenoxy) is 1. The SMILES string of the molecule is Cc1cccc(C)c1NC(=O)c1ccc(NC(=O)[C@@H]2[C@@H]3C[C@H]4[C@@H]2C(=O)O[C@@H]4C3)cc1. The van der Waals surface area contributed by atoms with Gasteiger partial charge in [-0.1, -0.05) is 18.2 Å². The molecule has 2 amide bonds. The second kappa shape index (κ2) is 6.97. The van der Waals surface area contributed by atoms with Crippen molar-refractivity contribution in [1.82, 2.24) is 0 Å². The van der Waals surface area contributed by atoms with Gasteiger partial charge in [0, 0.05) is 22.9 Å². The minimum Gasteiger partial charge on any atom is -0.462 e. The van der Waals surface area contributed by atoms with Gasteiger partial charge in [-0.25, -0.2) is 0 Å². The molecule has 6 heteroatoms. The second-order valence-electron chi connectivity index (χ2n) is 8.71. The van der Waals surface area contributed by atoms with Gasteiger partial charge < -0.3 is 15.4 Å². The summed E-state index contributed by atoms with van der Waals surface area (Å²) in [5.74, 6) is -0.725. The molecule has 2 bridgehead atoms. The molecule has 154 valence electrons. The summed E-state index contributed by atoms with van der Waals surface area (Å²) in [6.45, 7) is 3.92. The zero-order valence-electron chi connectivity index (χ0n) is 17.0. The Bertz CT molecular complexity index is 1020. The molecule has 3 fully saturated rings. The monoisotopic (exact) mass is 404 g/mol. The highest BCUT2D eigenvalue weighted by Gasteiger charge is 2.63. The lowest BCUT2D eigenvalue weighted by atomic mass is 9.79. The standard InChI is InChI=1S/C24H24N2O4/c1-12-4-3-5-13(2)21(12)26-22(27)14-6-8-16(9-7-14)25-23(28)19-15-10-17-18(11-15)30-24(29)20(17)19/h3-9,15,17-20H,10-11H2,1-2H3,(H,25,28)(H,26,27)/t15-,17-,18-,19-,20+/m1/s1. The summed E-state index contributed by atoms with van der Waals surface area (Å²) in [5.41, 5.74) is 3.96. The van der Waals surface area contributed by atoms with Crippen LogP contribution in [0.5, 0.6) is 0 Å². The Morgan fingerprint density at radius 2 is 1.67 bits per heavy atom. The fraction of sp³-hybridized carbons (Fsp3) is 0.375. The summed E-state index contributed by atoms with van der Waals surface area (Å²) in [5, 5.41) is 5.89. The molecule has 3 aliphatic rings. The number of benzene rings is 2. The maximum Gasteiger partial charge on any atom is 0.310 e. The number of nitrogens with one attached hydrogen (secondary N) is 2. The molecule has 1 aliphatic heterocycles. The normalized spacial score (nSPS) is 28.3. The average Bonchev–Trinajstić information content (AvgIpc) is 3.34. The summed E-state index contributed by atoms with van der Waals surface area (Å²) >= 11 is 0. The third-order valence-electron chi connectivity index (χ3n) is 6.92. The van der Waals surface area contributed by atoms with E-state index in [1.54, 1.807) is 24.3 Å². The molecule has 5 rings (SSSR count). The van der Waals surface area contributed by atoms with Crippen LogP contribution in [-0.2, 0) is 14.3 Å². The van der Waals surface area contributed by atoms with Gasteiger partial charge in [0.15, 0.2) is 0 Å². The lowest BCUT2D eigenvalue weighted by molar-refractivity contribution is -0.145. The predicted molar refractivity (Wildman–Crippen MR) is 112 cm³/mol. The number of carbonyl (C=O) groups excluding carboxylic acids is 3. The van der Waals surface area contributed by atoms with E-state index in [1.807, 2.05) is 32.0 Å². The molecule has 0 unspecified atom stereocenters. The van der Waals surface area contributed by atoms with Crippen molar-refractivity contribution in [2.75, 3.05) is 10.6 Å². The van der Waals surface area contributed by atoms with Gasteiger partial charge in [0.05, 0.1) is 11.8 Å². The minimum atomic E-state index is -0.312. The highest BCUT2D eigenvalue weighted by atomic mass is 16.6. The van der Waals surface area contributed by atoms with E-state index in [4.69, 9.17) is 4.74 Å². The van der Waals surface area contributed by atoms with E-state index in [0.717, 1.165) is 29.7 Å². The fourth-order valence-corrected chi connectivity index (χ4v) is 5.49. The summed E-state index contributed by atoms with van der Waals surface area (Å²) in [6.07, 6.45) is 1.71. The first-order chi connectivity index (χ1) is 14.4. The third-order valence-corrected chi connectivity index (χ3v) is 6.92.